The van der Waals surface area contributed by atoms with Crippen molar-refractivity contribution in [3.63, 3.8) is 0 Å². The number of hydrogen-bond donors (Lipinski definition) is 1. The molecule has 29 heavy (non-hydrogen) atoms. The number of piperazine rings is 1. The molecule has 0 atom stereocenters. The average Bonchev–Trinajstić information content (AvgIpc) is 2.67. The first-order chi connectivity index (χ1) is 13.7. The number of aliphatic carboxylic acids is 1. The molecule has 1 amide bonds. The highest BCUT2D eigenvalue weighted by Crippen LogP contribution is 2.23. The number of ether oxygens (including phenoxy) is 1. The van der Waals surface area contributed by atoms with Crippen molar-refractivity contribution in [1.82, 2.24) is 9.80 Å². The maximum atomic E-state index is 12.2. The molecule has 3 rings (SSSR count). The molecule has 1 aromatic carbocycles. The van der Waals surface area contributed by atoms with Gasteiger partial charge in [0.2, 0.25) is 0 Å². The van der Waals surface area contributed by atoms with E-state index in [1.54, 1.807) is 0 Å². The number of benzene rings is 1. The van der Waals surface area contributed by atoms with Gasteiger partial charge in [0.25, 0.3) is 0 Å². The third kappa shape index (κ3) is 6.10. The smallest absolute Gasteiger partial charge is 0.410 e. The topological polar surface area (TPSA) is 73.3 Å². The molecule has 7 nitrogen and oxygen atoms in total. The summed E-state index contributed by atoms with van der Waals surface area (Å²) >= 11 is 0. The fourth-order valence-corrected chi connectivity index (χ4v) is 4.08. The molecule has 0 aliphatic carbocycles. The van der Waals surface area contributed by atoms with Gasteiger partial charge in [-0.3, -0.25) is 9.69 Å². The Hall–Kier alpha value is -2.28. The van der Waals surface area contributed by atoms with E-state index in [1.807, 2.05) is 49.9 Å². The summed E-state index contributed by atoms with van der Waals surface area (Å²) in [5.74, 6) is -0.802. The van der Waals surface area contributed by atoms with E-state index in [4.69, 9.17) is 9.84 Å². The summed E-state index contributed by atoms with van der Waals surface area (Å²) in [6.45, 7) is 11.2. The van der Waals surface area contributed by atoms with E-state index in [2.05, 4.69) is 9.80 Å². The van der Waals surface area contributed by atoms with Gasteiger partial charge in [0.05, 0.1) is 6.42 Å². The van der Waals surface area contributed by atoms with E-state index in [9.17, 15) is 9.59 Å². The van der Waals surface area contributed by atoms with E-state index in [1.165, 1.54) is 0 Å². The van der Waals surface area contributed by atoms with Crippen LogP contribution in [0.4, 0.5) is 10.5 Å². The lowest BCUT2D eigenvalue weighted by Crippen LogP contribution is -2.54. The van der Waals surface area contributed by atoms with E-state index < -0.39 is 11.6 Å². The fourth-order valence-electron chi connectivity index (χ4n) is 4.08. The standard InChI is InChI=1S/C22H33N3O4/c1-22(2,3)29-21(28)25-10-8-19(9-11-25)24-14-12-23(13-15-24)18-6-4-17(5-7-18)16-20(26)27/h4-7,19H,8-16H2,1-3H3,(H,26,27). The molecule has 2 heterocycles. The van der Waals surface area contributed by atoms with Crippen LogP contribution in [0.2, 0.25) is 0 Å². The van der Waals surface area contributed by atoms with Crippen LogP contribution in [0.5, 0.6) is 0 Å². The highest BCUT2D eigenvalue weighted by Gasteiger charge is 2.31. The number of hydrogen-bond acceptors (Lipinski definition) is 5. The Bertz CT molecular complexity index is 698. The highest BCUT2D eigenvalue weighted by atomic mass is 16.6. The van der Waals surface area contributed by atoms with E-state index in [-0.39, 0.29) is 12.5 Å². The zero-order valence-corrected chi connectivity index (χ0v) is 17.8. The molecule has 0 bridgehead atoms. The summed E-state index contributed by atoms with van der Waals surface area (Å²) in [5, 5.41) is 8.89. The Kier molecular flexibility index (Phi) is 6.67. The molecule has 1 aromatic rings. The number of amides is 1. The van der Waals surface area contributed by atoms with Gasteiger partial charge in [-0.15, -0.1) is 0 Å². The summed E-state index contributed by atoms with van der Waals surface area (Å²) in [4.78, 5) is 29.8. The van der Waals surface area contributed by atoms with Gasteiger partial charge in [0, 0.05) is 51.0 Å². The first-order valence-corrected chi connectivity index (χ1v) is 10.5. The first-order valence-electron chi connectivity index (χ1n) is 10.5. The van der Waals surface area contributed by atoms with Crippen molar-refractivity contribution in [2.45, 2.75) is 51.7 Å². The molecule has 1 N–H and O–H groups in total. The van der Waals surface area contributed by atoms with Crippen LogP contribution in [0, 0.1) is 0 Å². The van der Waals surface area contributed by atoms with E-state index in [0.717, 1.165) is 63.4 Å². The third-order valence-electron chi connectivity index (χ3n) is 5.60. The Labute approximate surface area is 173 Å². The summed E-state index contributed by atoms with van der Waals surface area (Å²) in [6.07, 6.45) is 1.84. The molecule has 0 radical (unpaired) electrons. The molecule has 2 aliphatic rings. The molecule has 160 valence electrons. The number of nitrogens with zero attached hydrogens (tertiary/aromatic N) is 3. The van der Waals surface area contributed by atoms with Gasteiger partial charge in [0.1, 0.15) is 5.60 Å². The molecular formula is C22H33N3O4. The predicted molar refractivity (Wildman–Crippen MR) is 112 cm³/mol. The lowest BCUT2D eigenvalue weighted by molar-refractivity contribution is -0.136. The van der Waals surface area contributed by atoms with Crippen molar-refractivity contribution in [1.29, 1.82) is 0 Å². The Morgan fingerprint density at radius 3 is 2.10 bits per heavy atom. The van der Waals surface area contributed by atoms with E-state index in [0.29, 0.717) is 6.04 Å². The molecule has 2 fully saturated rings. The number of rotatable bonds is 4. The zero-order valence-electron chi connectivity index (χ0n) is 17.8. The maximum absolute atomic E-state index is 12.2. The molecule has 0 saturated carbocycles. The number of carboxylic acids is 1. The Morgan fingerprint density at radius 2 is 1.59 bits per heavy atom. The van der Waals surface area contributed by atoms with Crippen LogP contribution >= 0.6 is 0 Å². The number of piperidine rings is 1. The largest absolute Gasteiger partial charge is 0.481 e. The molecule has 7 heteroatoms. The number of carboxylic acid groups (broad SMARTS) is 1. The number of anilines is 1. The molecule has 0 unspecified atom stereocenters. The lowest BCUT2D eigenvalue weighted by atomic mass is 10.0. The summed E-state index contributed by atoms with van der Waals surface area (Å²) in [7, 11) is 0. The quantitative estimate of drug-likeness (QED) is 0.833. The predicted octanol–water partition coefficient (Wildman–Crippen LogP) is 2.84. The van der Waals surface area contributed by atoms with Gasteiger partial charge in [-0.05, 0) is 51.3 Å². The molecule has 2 aliphatic heterocycles. The van der Waals surface area contributed by atoms with Crippen LogP contribution in [0.25, 0.3) is 0 Å². The average molecular weight is 404 g/mol. The third-order valence-corrected chi connectivity index (χ3v) is 5.60. The normalized spacial score (nSPS) is 19.3. The summed E-state index contributed by atoms with van der Waals surface area (Å²) in [5.41, 5.74) is 1.53. The van der Waals surface area contributed by atoms with Gasteiger partial charge in [-0.2, -0.15) is 0 Å². The second-order valence-corrected chi connectivity index (χ2v) is 8.96. The van der Waals surface area contributed by atoms with Crippen LogP contribution in [0.15, 0.2) is 24.3 Å². The molecule has 2 saturated heterocycles. The SMILES string of the molecule is CC(C)(C)OC(=O)N1CCC(N2CCN(c3ccc(CC(=O)O)cc3)CC2)CC1. The summed E-state index contributed by atoms with van der Waals surface area (Å²) in [6, 6.07) is 8.37. The minimum absolute atomic E-state index is 0.0655. The molecule has 0 spiro atoms. The van der Waals surface area contributed by atoms with Crippen molar-refractivity contribution >= 4 is 17.7 Å². The van der Waals surface area contributed by atoms with Gasteiger partial charge in [0.15, 0.2) is 0 Å². The van der Waals surface area contributed by atoms with Crippen LogP contribution in [-0.2, 0) is 16.0 Å². The van der Waals surface area contributed by atoms with Crippen LogP contribution in [0.3, 0.4) is 0 Å². The fraction of sp³-hybridized carbons (Fsp3) is 0.636. The van der Waals surface area contributed by atoms with E-state index >= 15 is 0 Å². The number of carbonyl (C=O) groups excluding carboxylic acids is 1. The van der Waals surface area contributed by atoms with Gasteiger partial charge in [-0.1, -0.05) is 12.1 Å². The minimum Gasteiger partial charge on any atom is -0.481 e. The zero-order chi connectivity index (χ0) is 21.0. The van der Waals surface area contributed by atoms with Gasteiger partial charge < -0.3 is 19.6 Å². The van der Waals surface area contributed by atoms with Crippen LogP contribution < -0.4 is 4.90 Å². The highest BCUT2D eigenvalue weighted by molar-refractivity contribution is 5.70. The lowest BCUT2D eigenvalue weighted by Gasteiger charge is -2.43. The minimum atomic E-state index is -0.802. The second kappa shape index (κ2) is 9.03. The second-order valence-electron chi connectivity index (χ2n) is 8.96. The van der Waals surface area contributed by atoms with Crippen molar-refractivity contribution in [2.75, 3.05) is 44.2 Å². The molecule has 0 aromatic heterocycles. The monoisotopic (exact) mass is 403 g/mol. The van der Waals surface area contributed by atoms with Gasteiger partial charge in [-0.25, -0.2) is 4.79 Å². The summed E-state index contributed by atoms with van der Waals surface area (Å²) < 4.78 is 5.48. The Balaban J connectivity index is 1.44. The van der Waals surface area contributed by atoms with Gasteiger partial charge >= 0.3 is 12.1 Å². The number of likely N-dealkylation sites (tertiary alicyclic amines) is 1. The first kappa shape index (κ1) is 21.4. The van der Waals surface area contributed by atoms with Crippen molar-refractivity contribution in [2.24, 2.45) is 0 Å². The Morgan fingerprint density at radius 1 is 1.00 bits per heavy atom. The number of carbonyl (C=O) groups is 2. The maximum Gasteiger partial charge on any atom is 0.410 e. The van der Waals surface area contributed by atoms with Crippen molar-refractivity contribution in [3.05, 3.63) is 29.8 Å². The molecular weight excluding hydrogens is 370 g/mol. The van der Waals surface area contributed by atoms with Crippen molar-refractivity contribution < 1.29 is 19.4 Å². The van der Waals surface area contributed by atoms with Crippen molar-refractivity contribution in [3.8, 4) is 0 Å². The van der Waals surface area contributed by atoms with Crippen LogP contribution in [-0.4, -0.2) is 77.9 Å². The van der Waals surface area contributed by atoms with Crippen LogP contribution in [0.1, 0.15) is 39.2 Å².